The van der Waals surface area contributed by atoms with E-state index in [1.54, 1.807) is 34.6 Å². The fraction of sp³-hybridized carbons (Fsp3) is 0.429. The summed E-state index contributed by atoms with van der Waals surface area (Å²) in [5.74, 6) is 0.308. The summed E-state index contributed by atoms with van der Waals surface area (Å²) in [5.41, 5.74) is 1.91. The number of rotatable bonds is 5. The lowest BCUT2D eigenvalue weighted by molar-refractivity contribution is 0.424. The highest BCUT2D eigenvalue weighted by atomic mass is 79.9. The van der Waals surface area contributed by atoms with Crippen LogP contribution < -0.4 is 0 Å². The molecule has 0 aliphatic carbocycles. The summed E-state index contributed by atoms with van der Waals surface area (Å²) in [6.07, 6.45) is 3.96. The van der Waals surface area contributed by atoms with Gasteiger partial charge in [0, 0.05) is 13.1 Å². The van der Waals surface area contributed by atoms with E-state index in [2.05, 4.69) is 40.0 Å². The highest BCUT2D eigenvalue weighted by Crippen LogP contribution is 2.38. The van der Waals surface area contributed by atoms with Gasteiger partial charge in [-0.1, -0.05) is 26.7 Å². The highest BCUT2D eigenvalue weighted by molar-refractivity contribution is 9.10. The summed E-state index contributed by atoms with van der Waals surface area (Å²) < 4.78 is 27.8. The van der Waals surface area contributed by atoms with Crippen LogP contribution in [-0.2, 0) is 10.0 Å². The van der Waals surface area contributed by atoms with Gasteiger partial charge in [0.25, 0.3) is 0 Å². The number of sulfonamides is 1. The van der Waals surface area contributed by atoms with E-state index in [0.717, 1.165) is 31.2 Å². The number of phenols is 1. The van der Waals surface area contributed by atoms with Crippen molar-refractivity contribution in [1.82, 2.24) is 4.31 Å². The van der Waals surface area contributed by atoms with Crippen molar-refractivity contribution in [1.29, 1.82) is 0 Å². The van der Waals surface area contributed by atoms with Gasteiger partial charge in [-0.3, -0.25) is 0 Å². The van der Waals surface area contributed by atoms with E-state index in [-0.39, 0.29) is 16.6 Å². The van der Waals surface area contributed by atoms with Crippen LogP contribution in [0.5, 0.6) is 5.75 Å². The molecule has 8 heteroatoms. The molecule has 0 aromatic heterocycles. The van der Waals surface area contributed by atoms with E-state index < -0.39 is 10.0 Å². The predicted octanol–water partition coefficient (Wildman–Crippen LogP) is 6.26. The Hall–Kier alpha value is -1.77. The molecule has 1 fully saturated rings. The summed E-state index contributed by atoms with van der Waals surface area (Å²) in [6, 6.07) is 10.1. The summed E-state index contributed by atoms with van der Waals surface area (Å²) in [4.78, 5) is 0.269. The molecule has 0 spiro atoms. The molecule has 0 atom stereocenters. The first-order valence-corrected chi connectivity index (χ1v) is 12.1. The lowest BCUT2D eigenvalue weighted by atomic mass is 10.0. The first-order chi connectivity index (χ1) is 13.8. The molecule has 3 rings (SSSR count). The molecular weight excluding hydrogens is 454 g/mol. The first-order valence-electron chi connectivity index (χ1n) is 9.83. The quantitative estimate of drug-likeness (QED) is 0.513. The summed E-state index contributed by atoms with van der Waals surface area (Å²) >= 11 is 3.34. The SMILES string of the molecule is CC(C)c1cc(Br)c(O)c(N=Nc2ccc(S(=O)(=O)N3CCCCCC3)cc2)c1. The average Bonchev–Trinajstić information content (AvgIpc) is 2.99. The third-order valence-electron chi connectivity index (χ3n) is 5.05. The van der Waals surface area contributed by atoms with Gasteiger partial charge in [-0.05, 0) is 76.7 Å². The van der Waals surface area contributed by atoms with Crippen LogP contribution in [0.15, 0.2) is 56.0 Å². The minimum atomic E-state index is -3.48. The number of halogens is 1. The number of nitrogens with zero attached hydrogens (tertiary/aromatic N) is 3. The number of azo groups is 1. The molecule has 2 aromatic rings. The van der Waals surface area contributed by atoms with Gasteiger partial charge in [0.1, 0.15) is 5.69 Å². The van der Waals surface area contributed by atoms with Gasteiger partial charge in [-0.25, -0.2) is 8.42 Å². The number of hydrogen-bond acceptors (Lipinski definition) is 5. The molecule has 156 valence electrons. The Morgan fingerprint density at radius 3 is 2.21 bits per heavy atom. The van der Waals surface area contributed by atoms with E-state index in [1.165, 1.54) is 0 Å². The Kier molecular flexibility index (Phi) is 7.08. The maximum Gasteiger partial charge on any atom is 0.243 e. The minimum absolute atomic E-state index is 0.0264. The molecule has 1 aliphatic rings. The van der Waals surface area contributed by atoms with E-state index >= 15 is 0 Å². The molecule has 0 saturated carbocycles. The fourth-order valence-electron chi connectivity index (χ4n) is 3.24. The Morgan fingerprint density at radius 2 is 1.62 bits per heavy atom. The first kappa shape index (κ1) is 21.9. The zero-order valence-electron chi connectivity index (χ0n) is 16.7. The van der Waals surface area contributed by atoms with Gasteiger partial charge in [0.05, 0.1) is 15.1 Å². The minimum Gasteiger partial charge on any atom is -0.505 e. The maximum atomic E-state index is 12.8. The van der Waals surface area contributed by atoms with Crippen molar-refractivity contribution in [3.8, 4) is 5.75 Å². The van der Waals surface area contributed by atoms with E-state index in [9.17, 15) is 13.5 Å². The van der Waals surface area contributed by atoms with Crippen LogP contribution in [0.4, 0.5) is 11.4 Å². The molecule has 0 amide bonds. The average molecular weight is 480 g/mol. The molecule has 0 unspecified atom stereocenters. The highest BCUT2D eigenvalue weighted by Gasteiger charge is 2.24. The van der Waals surface area contributed by atoms with Gasteiger partial charge in [-0.15, -0.1) is 5.11 Å². The van der Waals surface area contributed by atoms with Crippen molar-refractivity contribution < 1.29 is 13.5 Å². The van der Waals surface area contributed by atoms with Gasteiger partial charge in [-0.2, -0.15) is 9.42 Å². The zero-order chi connectivity index (χ0) is 21.0. The van der Waals surface area contributed by atoms with Gasteiger partial charge < -0.3 is 5.11 Å². The maximum absolute atomic E-state index is 12.8. The molecule has 6 nitrogen and oxygen atoms in total. The molecule has 1 heterocycles. The Morgan fingerprint density at radius 1 is 1.00 bits per heavy atom. The molecule has 0 bridgehead atoms. The summed E-state index contributed by atoms with van der Waals surface area (Å²) in [7, 11) is -3.48. The number of hydrogen-bond donors (Lipinski definition) is 1. The molecular formula is C21H26BrN3O3S. The molecule has 29 heavy (non-hydrogen) atoms. The number of aromatic hydroxyl groups is 1. The fourth-order valence-corrected chi connectivity index (χ4v) is 5.23. The largest absolute Gasteiger partial charge is 0.505 e. The molecule has 1 N–H and O–H groups in total. The van der Waals surface area contributed by atoms with Crippen LogP contribution in [0.3, 0.4) is 0 Å². The zero-order valence-corrected chi connectivity index (χ0v) is 19.1. The Labute approximate surface area is 180 Å². The standard InChI is InChI=1S/C21H26BrN3O3S/c1-15(2)16-13-19(22)21(26)20(14-16)24-23-17-7-9-18(10-8-17)29(27,28)25-11-5-3-4-6-12-25/h7-10,13-15,26H,3-6,11-12H2,1-2H3. The molecule has 1 aliphatic heterocycles. The van der Waals surface area contributed by atoms with E-state index in [1.807, 2.05) is 6.07 Å². The lowest BCUT2D eigenvalue weighted by Gasteiger charge is -2.19. The van der Waals surface area contributed by atoms with Crippen LogP contribution in [-0.4, -0.2) is 30.9 Å². The van der Waals surface area contributed by atoms with Crippen molar-refractivity contribution >= 4 is 37.3 Å². The van der Waals surface area contributed by atoms with Crippen LogP contribution in [0.25, 0.3) is 0 Å². The molecule has 1 saturated heterocycles. The normalized spacial score (nSPS) is 16.4. The summed E-state index contributed by atoms with van der Waals surface area (Å²) in [5, 5.41) is 18.5. The van der Waals surface area contributed by atoms with E-state index in [4.69, 9.17) is 0 Å². The van der Waals surface area contributed by atoms with Crippen LogP contribution in [0, 0.1) is 0 Å². The van der Waals surface area contributed by atoms with E-state index in [0.29, 0.717) is 28.9 Å². The Balaban J connectivity index is 1.80. The third kappa shape index (κ3) is 5.24. The predicted molar refractivity (Wildman–Crippen MR) is 118 cm³/mol. The van der Waals surface area contributed by atoms with Crippen molar-refractivity contribution in [2.45, 2.75) is 50.3 Å². The number of phenolic OH excluding ortho intramolecular Hbond substituents is 1. The van der Waals surface area contributed by atoms with Crippen LogP contribution in [0.1, 0.15) is 51.0 Å². The van der Waals surface area contributed by atoms with Gasteiger partial charge >= 0.3 is 0 Å². The monoisotopic (exact) mass is 479 g/mol. The molecule has 0 radical (unpaired) electrons. The summed E-state index contributed by atoms with van der Waals surface area (Å²) in [6.45, 7) is 5.26. The third-order valence-corrected chi connectivity index (χ3v) is 7.56. The Bertz CT molecular complexity index is 981. The smallest absolute Gasteiger partial charge is 0.243 e. The second-order valence-corrected chi connectivity index (χ2v) is 10.3. The van der Waals surface area contributed by atoms with Crippen molar-refractivity contribution in [3.05, 3.63) is 46.4 Å². The molecule has 2 aromatic carbocycles. The second-order valence-electron chi connectivity index (χ2n) is 7.54. The van der Waals surface area contributed by atoms with Crippen molar-refractivity contribution in [3.63, 3.8) is 0 Å². The van der Waals surface area contributed by atoms with Crippen LogP contribution >= 0.6 is 15.9 Å². The van der Waals surface area contributed by atoms with Gasteiger partial charge in [0.15, 0.2) is 5.75 Å². The van der Waals surface area contributed by atoms with Crippen molar-refractivity contribution in [2.24, 2.45) is 10.2 Å². The topological polar surface area (TPSA) is 82.3 Å². The van der Waals surface area contributed by atoms with Crippen LogP contribution in [0.2, 0.25) is 0 Å². The van der Waals surface area contributed by atoms with Gasteiger partial charge in [0.2, 0.25) is 10.0 Å². The lowest BCUT2D eigenvalue weighted by Crippen LogP contribution is -2.31. The van der Waals surface area contributed by atoms with Crippen molar-refractivity contribution in [2.75, 3.05) is 13.1 Å². The number of benzene rings is 2. The second kappa shape index (κ2) is 9.36.